The predicted octanol–water partition coefficient (Wildman–Crippen LogP) is 5.09. The number of nitrogens with two attached hydrogens (primary N) is 2. The van der Waals surface area contributed by atoms with Crippen molar-refractivity contribution in [3.05, 3.63) is 67.6 Å². The van der Waals surface area contributed by atoms with E-state index in [9.17, 15) is 9.59 Å². The Bertz CT molecular complexity index is 807. The maximum absolute atomic E-state index is 12.2. The Morgan fingerprint density at radius 1 is 0.667 bits per heavy atom. The molecule has 0 aliphatic rings. The summed E-state index contributed by atoms with van der Waals surface area (Å²) in [5.41, 5.74) is 11.9. The minimum absolute atomic E-state index is 0.0207. The quantitative estimate of drug-likeness (QED) is 0.423. The molecule has 2 rings (SSSR count). The van der Waals surface area contributed by atoms with Gasteiger partial charge in [0.05, 0.1) is 31.5 Å². The van der Waals surface area contributed by atoms with Crippen molar-refractivity contribution < 1.29 is 9.59 Å². The monoisotopic (exact) mass is 402 g/mol. The lowest BCUT2D eigenvalue weighted by atomic mass is 10.1. The SMILES string of the molecule is Nc1ccc(C(=O)/C=C\C(=O)c2ccc(N)c(Cl)c2Cl)c(Cl)c1Cl. The van der Waals surface area contributed by atoms with Gasteiger partial charge in [-0.05, 0) is 36.4 Å². The normalized spacial score (nSPS) is 11.0. The van der Waals surface area contributed by atoms with E-state index in [-0.39, 0.29) is 42.6 Å². The molecule has 0 aliphatic carbocycles. The topological polar surface area (TPSA) is 86.2 Å². The van der Waals surface area contributed by atoms with Crippen LogP contribution in [0.5, 0.6) is 0 Å². The van der Waals surface area contributed by atoms with Crippen LogP contribution < -0.4 is 11.5 Å². The average Bonchev–Trinajstić information content (AvgIpc) is 2.55. The van der Waals surface area contributed by atoms with Gasteiger partial charge in [-0.2, -0.15) is 0 Å². The van der Waals surface area contributed by atoms with Crippen molar-refractivity contribution in [2.24, 2.45) is 0 Å². The first-order valence-electron chi connectivity index (χ1n) is 6.47. The van der Waals surface area contributed by atoms with Gasteiger partial charge in [-0.25, -0.2) is 0 Å². The Kier molecular flexibility index (Phi) is 5.78. The predicted molar refractivity (Wildman–Crippen MR) is 99.5 cm³/mol. The van der Waals surface area contributed by atoms with Crippen LogP contribution in [0.2, 0.25) is 20.1 Å². The van der Waals surface area contributed by atoms with Crippen LogP contribution in [-0.4, -0.2) is 11.6 Å². The van der Waals surface area contributed by atoms with E-state index < -0.39 is 11.6 Å². The van der Waals surface area contributed by atoms with Gasteiger partial charge in [-0.15, -0.1) is 0 Å². The van der Waals surface area contributed by atoms with Crippen LogP contribution >= 0.6 is 46.4 Å². The van der Waals surface area contributed by atoms with Gasteiger partial charge in [0.15, 0.2) is 11.6 Å². The zero-order valence-corrected chi connectivity index (χ0v) is 15.0. The first kappa shape index (κ1) is 18.6. The van der Waals surface area contributed by atoms with Crippen LogP contribution in [0.15, 0.2) is 36.4 Å². The molecule has 4 N–H and O–H groups in total. The molecule has 24 heavy (non-hydrogen) atoms. The van der Waals surface area contributed by atoms with Crippen LogP contribution in [-0.2, 0) is 0 Å². The molecule has 0 bridgehead atoms. The zero-order valence-electron chi connectivity index (χ0n) is 11.9. The summed E-state index contributed by atoms with van der Waals surface area (Å²) in [7, 11) is 0. The molecule has 0 aromatic heterocycles. The molecule has 0 unspecified atom stereocenters. The smallest absolute Gasteiger partial charge is 0.187 e. The van der Waals surface area contributed by atoms with Crippen molar-refractivity contribution >= 4 is 69.3 Å². The summed E-state index contributed by atoms with van der Waals surface area (Å²) in [5.74, 6) is -1.01. The second kappa shape index (κ2) is 7.45. The zero-order chi connectivity index (χ0) is 18.0. The second-order valence-corrected chi connectivity index (χ2v) is 6.23. The molecule has 4 nitrogen and oxygen atoms in total. The van der Waals surface area contributed by atoms with E-state index in [0.717, 1.165) is 12.2 Å². The molecule has 0 radical (unpaired) electrons. The summed E-state index contributed by atoms with van der Waals surface area (Å²) < 4.78 is 0. The van der Waals surface area contributed by atoms with E-state index in [0.29, 0.717) is 0 Å². The van der Waals surface area contributed by atoms with Crippen molar-refractivity contribution in [3.63, 3.8) is 0 Å². The van der Waals surface area contributed by atoms with Crippen molar-refractivity contribution in [2.75, 3.05) is 11.5 Å². The fourth-order valence-corrected chi connectivity index (χ4v) is 2.70. The van der Waals surface area contributed by atoms with Crippen LogP contribution in [0.25, 0.3) is 0 Å². The third-order valence-corrected chi connectivity index (χ3v) is 4.93. The molecule has 2 aromatic carbocycles. The molecule has 2 aromatic rings. The van der Waals surface area contributed by atoms with Gasteiger partial charge in [0.1, 0.15) is 0 Å². The molecular formula is C16H10Cl4N2O2. The highest BCUT2D eigenvalue weighted by Gasteiger charge is 2.15. The maximum atomic E-state index is 12.2. The second-order valence-electron chi connectivity index (χ2n) is 4.72. The van der Waals surface area contributed by atoms with Crippen molar-refractivity contribution in [3.8, 4) is 0 Å². The number of anilines is 2. The van der Waals surface area contributed by atoms with Gasteiger partial charge in [-0.3, -0.25) is 9.59 Å². The molecule has 8 heteroatoms. The third kappa shape index (κ3) is 3.68. The summed E-state index contributed by atoms with van der Waals surface area (Å²) in [6.45, 7) is 0. The number of nitrogen functional groups attached to an aromatic ring is 2. The summed E-state index contributed by atoms with van der Waals surface area (Å²) in [6, 6.07) is 5.75. The number of halogens is 4. The fourth-order valence-electron chi connectivity index (χ4n) is 1.84. The van der Waals surface area contributed by atoms with Gasteiger partial charge < -0.3 is 11.5 Å². The molecule has 124 valence electrons. The van der Waals surface area contributed by atoms with Crippen molar-refractivity contribution in [1.82, 2.24) is 0 Å². The number of hydrogen-bond donors (Lipinski definition) is 2. The molecular weight excluding hydrogens is 394 g/mol. The van der Waals surface area contributed by atoms with Crippen molar-refractivity contribution in [1.29, 1.82) is 0 Å². The Morgan fingerprint density at radius 3 is 1.33 bits per heavy atom. The van der Waals surface area contributed by atoms with Gasteiger partial charge in [0.25, 0.3) is 0 Å². The number of carbonyl (C=O) groups excluding carboxylic acids is 2. The first-order valence-corrected chi connectivity index (χ1v) is 7.99. The van der Waals surface area contributed by atoms with E-state index in [2.05, 4.69) is 0 Å². The van der Waals surface area contributed by atoms with Gasteiger partial charge in [-0.1, -0.05) is 46.4 Å². The highest BCUT2D eigenvalue weighted by Crippen LogP contribution is 2.32. The van der Waals surface area contributed by atoms with Gasteiger partial charge >= 0.3 is 0 Å². The number of hydrogen-bond acceptors (Lipinski definition) is 4. The fraction of sp³-hybridized carbons (Fsp3) is 0. The third-order valence-electron chi connectivity index (χ3n) is 3.14. The largest absolute Gasteiger partial charge is 0.397 e. The number of allylic oxidation sites excluding steroid dienone is 2. The van der Waals surface area contributed by atoms with E-state index >= 15 is 0 Å². The van der Waals surface area contributed by atoms with E-state index in [1.807, 2.05) is 0 Å². The summed E-state index contributed by atoms with van der Waals surface area (Å²) in [6.07, 6.45) is 2.13. The minimum Gasteiger partial charge on any atom is -0.397 e. The van der Waals surface area contributed by atoms with E-state index in [4.69, 9.17) is 57.9 Å². The number of ketones is 2. The molecule has 0 fully saturated rings. The molecule has 0 spiro atoms. The lowest BCUT2D eigenvalue weighted by Gasteiger charge is -2.06. The standard InChI is InChI=1S/C16H10Cl4N2O2/c17-13-7(1-3-9(21)15(13)19)11(23)5-6-12(24)8-2-4-10(22)16(20)14(8)18/h1-6H,21-22H2/b6-5-. The number of benzene rings is 2. The maximum Gasteiger partial charge on any atom is 0.187 e. The lowest BCUT2D eigenvalue weighted by molar-refractivity contribution is 0.102. The highest BCUT2D eigenvalue weighted by atomic mass is 35.5. The van der Waals surface area contributed by atoms with Gasteiger partial charge in [0.2, 0.25) is 0 Å². The average molecular weight is 404 g/mol. The van der Waals surface area contributed by atoms with Crippen molar-refractivity contribution in [2.45, 2.75) is 0 Å². The molecule has 0 aliphatic heterocycles. The van der Waals surface area contributed by atoms with Crippen LogP contribution in [0, 0.1) is 0 Å². The highest BCUT2D eigenvalue weighted by molar-refractivity contribution is 6.46. The minimum atomic E-state index is -0.507. The summed E-state index contributed by atoms with van der Waals surface area (Å²) >= 11 is 23.8. The molecule has 0 atom stereocenters. The van der Waals surface area contributed by atoms with Crippen LogP contribution in [0.3, 0.4) is 0 Å². The molecule has 0 saturated heterocycles. The molecule has 0 heterocycles. The summed E-state index contributed by atoms with van der Waals surface area (Å²) in [5, 5.41) is 0.200. The molecule has 0 amide bonds. The van der Waals surface area contributed by atoms with Gasteiger partial charge in [0, 0.05) is 11.1 Å². The Labute approximate surface area is 157 Å². The Morgan fingerprint density at radius 2 is 1.00 bits per heavy atom. The Balaban J connectivity index is 2.28. The number of rotatable bonds is 4. The van der Waals surface area contributed by atoms with Crippen LogP contribution in [0.1, 0.15) is 20.7 Å². The lowest BCUT2D eigenvalue weighted by Crippen LogP contribution is -2.02. The number of carbonyl (C=O) groups is 2. The van der Waals surface area contributed by atoms with Crippen LogP contribution in [0.4, 0.5) is 11.4 Å². The molecule has 0 saturated carbocycles. The van der Waals surface area contributed by atoms with E-state index in [1.54, 1.807) is 0 Å². The summed E-state index contributed by atoms with van der Waals surface area (Å²) in [4.78, 5) is 24.3. The Hall–Kier alpha value is -1.72. The van der Waals surface area contributed by atoms with E-state index in [1.165, 1.54) is 24.3 Å². The first-order chi connectivity index (χ1) is 11.2.